The van der Waals surface area contributed by atoms with Crippen molar-refractivity contribution in [2.24, 2.45) is 0 Å². The molecule has 0 saturated heterocycles. The number of anilines is 1. The van der Waals surface area contributed by atoms with Crippen LogP contribution in [-0.2, 0) is 0 Å². The maximum absolute atomic E-state index is 12.5. The fraction of sp³-hybridized carbons (Fsp3) is 0.118. The summed E-state index contributed by atoms with van der Waals surface area (Å²) in [7, 11) is 1.51. The Morgan fingerprint density at radius 1 is 1.25 bits per heavy atom. The van der Waals surface area contributed by atoms with E-state index in [0.717, 1.165) is 15.9 Å². The Hall–Kier alpha value is -2.67. The number of methoxy groups -OCH3 is 1. The van der Waals surface area contributed by atoms with Crippen molar-refractivity contribution in [2.45, 2.75) is 6.92 Å². The highest BCUT2D eigenvalue weighted by molar-refractivity contribution is 9.10. The van der Waals surface area contributed by atoms with Gasteiger partial charge in [-0.05, 0) is 43.3 Å². The first kappa shape index (κ1) is 16.2. The summed E-state index contributed by atoms with van der Waals surface area (Å²) in [5.41, 5.74) is 2.64. The van der Waals surface area contributed by atoms with Crippen LogP contribution in [0.25, 0.3) is 5.69 Å². The minimum absolute atomic E-state index is 0.262. The summed E-state index contributed by atoms with van der Waals surface area (Å²) in [4.78, 5) is 16.6. The third-order valence-corrected chi connectivity index (χ3v) is 4.07. The number of hydrogen-bond acceptors (Lipinski definition) is 4. The molecule has 0 atom stereocenters. The zero-order valence-electron chi connectivity index (χ0n) is 13.2. The highest BCUT2D eigenvalue weighted by Gasteiger charge is 2.17. The van der Waals surface area contributed by atoms with Crippen LogP contribution in [0.1, 0.15) is 16.1 Å². The average Bonchev–Trinajstić information content (AvgIpc) is 2.98. The van der Waals surface area contributed by atoms with Gasteiger partial charge in [-0.25, -0.2) is 9.67 Å². The maximum Gasteiger partial charge on any atom is 0.259 e. The van der Waals surface area contributed by atoms with Gasteiger partial charge in [0.15, 0.2) is 0 Å². The quantitative estimate of drug-likeness (QED) is 0.743. The van der Waals surface area contributed by atoms with Crippen LogP contribution in [0.2, 0.25) is 0 Å². The molecule has 3 rings (SSSR count). The molecule has 2 aromatic heterocycles. The molecule has 1 amide bonds. The average molecular weight is 387 g/mol. The molecule has 0 aliphatic carbocycles. The van der Waals surface area contributed by atoms with E-state index in [4.69, 9.17) is 4.74 Å². The van der Waals surface area contributed by atoms with Crippen molar-refractivity contribution < 1.29 is 9.53 Å². The van der Waals surface area contributed by atoms with Gasteiger partial charge in [-0.3, -0.25) is 4.79 Å². The van der Waals surface area contributed by atoms with Crippen LogP contribution >= 0.6 is 15.9 Å². The van der Waals surface area contributed by atoms with Gasteiger partial charge in [0.05, 0.1) is 30.3 Å². The molecule has 1 aromatic carbocycles. The van der Waals surface area contributed by atoms with Crippen LogP contribution < -0.4 is 10.1 Å². The predicted molar refractivity (Wildman–Crippen MR) is 94.7 cm³/mol. The first-order valence-electron chi connectivity index (χ1n) is 7.21. The largest absolute Gasteiger partial charge is 0.480 e. The maximum atomic E-state index is 12.5. The monoisotopic (exact) mass is 386 g/mol. The van der Waals surface area contributed by atoms with Gasteiger partial charge < -0.3 is 10.1 Å². The second-order valence-corrected chi connectivity index (χ2v) is 5.96. The van der Waals surface area contributed by atoms with Crippen LogP contribution in [0.5, 0.6) is 5.88 Å². The van der Waals surface area contributed by atoms with E-state index in [0.29, 0.717) is 17.1 Å². The summed E-state index contributed by atoms with van der Waals surface area (Å²) in [6.45, 7) is 1.85. The summed E-state index contributed by atoms with van der Waals surface area (Å²) >= 11 is 3.40. The van der Waals surface area contributed by atoms with Crippen molar-refractivity contribution >= 4 is 27.5 Å². The Morgan fingerprint density at radius 2 is 2.00 bits per heavy atom. The second-order valence-electron chi connectivity index (χ2n) is 5.05. The molecule has 0 unspecified atom stereocenters. The molecule has 6 nitrogen and oxygen atoms in total. The molecule has 24 heavy (non-hydrogen) atoms. The number of nitrogens with one attached hydrogen (secondary N) is 1. The molecular formula is C17H15BrN4O2. The van der Waals surface area contributed by atoms with Crippen LogP contribution in [0.15, 0.2) is 53.3 Å². The number of halogens is 1. The molecule has 0 bridgehead atoms. The molecule has 0 spiro atoms. The van der Waals surface area contributed by atoms with E-state index in [-0.39, 0.29) is 5.91 Å². The number of benzene rings is 1. The number of nitrogens with zero attached hydrogens (tertiary/aromatic N) is 3. The zero-order chi connectivity index (χ0) is 17.1. The van der Waals surface area contributed by atoms with Crippen molar-refractivity contribution in [3.05, 3.63) is 64.5 Å². The van der Waals surface area contributed by atoms with Gasteiger partial charge in [-0.2, -0.15) is 5.10 Å². The number of carbonyl (C=O) groups is 1. The summed E-state index contributed by atoms with van der Waals surface area (Å²) in [6.07, 6.45) is 3.15. The Kier molecular flexibility index (Phi) is 4.61. The van der Waals surface area contributed by atoms with Gasteiger partial charge in [0.2, 0.25) is 5.88 Å². The highest BCUT2D eigenvalue weighted by Crippen LogP contribution is 2.22. The topological polar surface area (TPSA) is 69.0 Å². The van der Waals surface area contributed by atoms with Crippen molar-refractivity contribution in [3.8, 4) is 11.6 Å². The molecule has 0 radical (unpaired) electrons. The van der Waals surface area contributed by atoms with Gasteiger partial charge in [0.1, 0.15) is 5.69 Å². The van der Waals surface area contributed by atoms with E-state index in [1.54, 1.807) is 29.2 Å². The van der Waals surface area contributed by atoms with Crippen molar-refractivity contribution in [1.29, 1.82) is 0 Å². The van der Waals surface area contributed by atoms with Crippen molar-refractivity contribution in [3.63, 3.8) is 0 Å². The molecule has 0 fully saturated rings. The molecule has 0 aliphatic heterocycles. The molecule has 7 heteroatoms. The Labute approximate surface area is 147 Å². The third kappa shape index (κ3) is 3.16. The summed E-state index contributed by atoms with van der Waals surface area (Å²) in [5, 5.41) is 7.12. The predicted octanol–water partition coefficient (Wildman–Crippen LogP) is 3.60. The summed E-state index contributed by atoms with van der Waals surface area (Å²) < 4.78 is 7.85. The van der Waals surface area contributed by atoms with E-state index >= 15 is 0 Å². The molecule has 2 heterocycles. The smallest absolute Gasteiger partial charge is 0.259 e. The summed E-state index contributed by atoms with van der Waals surface area (Å²) in [5.74, 6) is 0.103. The van der Waals surface area contributed by atoms with E-state index in [1.165, 1.54) is 7.11 Å². The van der Waals surface area contributed by atoms with Gasteiger partial charge in [0, 0.05) is 10.7 Å². The number of ether oxygens (including phenoxy) is 1. The Bertz CT molecular complexity index is 875. The van der Waals surface area contributed by atoms with Crippen molar-refractivity contribution in [1.82, 2.24) is 14.8 Å². The van der Waals surface area contributed by atoms with Gasteiger partial charge >= 0.3 is 0 Å². The third-order valence-electron chi connectivity index (χ3n) is 3.54. The van der Waals surface area contributed by atoms with E-state index in [2.05, 4.69) is 31.3 Å². The zero-order valence-corrected chi connectivity index (χ0v) is 14.7. The van der Waals surface area contributed by atoms with Gasteiger partial charge in [-0.1, -0.05) is 15.9 Å². The number of amides is 1. The first-order chi connectivity index (χ1) is 11.6. The van der Waals surface area contributed by atoms with Gasteiger partial charge in [0.25, 0.3) is 5.91 Å². The lowest BCUT2D eigenvalue weighted by atomic mass is 10.2. The highest BCUT2D eigenvalue weighted by atomic mass is 79.9. The fourth-order valence-corrected chi connectivity index (χ4v) is 2.58. The molecule has 3 aromatic rings. The summed E-state index contributed by atoms with van der Waals surface area (Å²) in [6, 6.07) is 11.2. The number of carbonyl (C=O) groups excluding carboxylic acids is 1. The van der Waals surface area contributed by atoms with Gasteiger partial charge in [-0.15, -0.1) is 0 Å². The van der Waals surface area contributed by atoms with E-state index < -0.39 is 0 Å². The number of aromatic nitrogens is 3. The number of rotatable bonds is 4. The second kappa shape index (κ2) is 6.84. The van der Waals surface area contributed by atoms with E-state index in [9.17, 15) is 4.79 Å². The van der Waals surface area contributed by atoms with E-state index in [1.807, 2.05) is 31.2 Å². The molecule has 122 valence electrons. The Morgan fingerprint density at radius 3 is 2.71 bits per heavy atom. The van der Waals surface area contributed by atoms with Crippen LogP contribution in [0.3, 0.4) is 0 Å². The molecule has 0 saturated carbocycles. The van der Waals surface area contributed by atoms with Crippen molar-refractivity contribution in [2.75, 3.05) is 12.4 Å². The molecular weight excluding hydrogens is 372 g/mol. The lowest BCUT2D eigenvalue weighted by Gasteiger charge is -2.09. The van der Waals surface area contributed by atoms with Crippen LogP contribution in [0.4, 0.5) is 5.69 Å². The standard InChI is InChI=1S/C17H15BrN4O2/c1-11-14(10-20-22(11)13-7-5-12(18)6-8-13)16(23)21-15-4-3-9-19-17(15)24-2/h3-10H,1-2H3,(H,21,23). The normalized spacial score (nSPS) is 10.5. The van der Waals surface area contributed by atoms with Crippen LogP contribution in [-0.4, -0.2) is 27.8 Å². The molecule has 1 N–H and O–H groups in total. The minimum atomic E-state index is -0.262. The number of pyridine rings is 1. The lowest BCUT2D eigenvalue weighted by molar-refractivity contribution is 0.102. The Balaban J connectivity index is 1.87. The lowest BCUT2D eigenvalue weighted by Crippen LogP contribution is -2.14. The number of hydrogen-bond donors (Lipinski definition) is 1. The SMILES string of the molecule is COc1ncccc1NC(=O)c1cnn(-c2ccc(Br)cc2)c1C. The fourth-order valence-electron chi connectivity index (χ4n) is 2.31. The first-order valence-corrected chi connectivity index (χ1v) is 8.00. The minimum Gasteiger partial charge on any atom is -0.480 e. The van der Waals surface area contributed by atoms with Crippen LogP contribution in [0, 0.1) is 6.92 Å². The molecule has 0 aliphatic rings.